The van der Waals surface area contributed by atoms with Crippen LogP contribution in [0, 0.1) is 0 Å². The molecule has 1 unspecified atom stereocenters. The molecule has 0 bridgehead atoms. The Labute approximate surface area is 130 Å². The first kappa shape index (κ1) is 13.9. The maximum absolute atomic E-state index is 12.1. The molecule has 3 rings (SSSR count). The fraction of sp³-hybridized carbons (Fsp3) is 0.200. The van der Waals surface area contributed by atoms with Gasteiger partial charge in [0.25, 0.3) is 5.91 Å². The molecule has 5 nitrogen and oxygen atoms in total. The number of amides is 2. The van der Waals surface area contributed by atoms with Gasteiger partial charge < -0.3 is 14.6 Å². The lowest BCUT2D eigenvalue weighted by atomic mass is 10.2. The second-order valence-electron chi connectivity index (χ2n) is 4.82. The van der Waals surface area contributed by atoms with E-state index in [9.17, 15) is 9.59 Å². The van der Waals surface area contributed by atoms with Crippen LogP contribution in [0.15, 0.2) is 51.6 Å². The zero-order valence-electron chi connectivity index (χ0n) is 11.1. The number of hydrogen-bond donors (Lipinski definition) is 1. The summed E-state index contributed by atoms with van der Waals surface area (Å²) in [6.45, 7) is 0.469. The number of nitrogens with zero attached hydrogens (tertiary/aromatic N) is 1. The lowest BCUT2D eigenvalue weighted by Gasteiger charge is -2.16. The van der Waals surface area contributed by atoms with Crippen molar-refractivity contribution in [1.82, 2.24) is 5.32 Å². The van der Waals surface area contributed by atoms with Gasteiger partial charge in [-0.3, -0.25) is 9.59 Å². The molecule has 1 fully saturated rings. The number of nitrogens with one attached hydrogen (secondary N) is 1. The van der Waals surface area contributed by atoms with Crippen LogP contribution < -0.4 is 10.2 Å². The van der Waals surface area contributed by atoms with Crippen LogP contribution in [0.1, 0.15) is 17.0 Å². The van der Waals surface area contributed by atoms with E-state index in [1.54, 1.807) is 17.0 Å². The van der Waals surface area contributed by atoms with Crippen LogP contribution in [-0.4, -0.2) is 24.4 Å². The lowest BCUT2D eigenvalue weighted by molar-refractivity contribution is -0.117. The third-order valence-corrected chi connectivity index (χ3v) is 3.75. The molecular formula is C15H13BrN2O3. The van der Waals surface area contributed by atoms with Crippen molar-refractivity contribution in [1.29, 1.82) is 0 Å². The molecule has 0 radical (unpaired) electrons. The summed E-state index contributed by atoms with van der Waals surface area (Å²) < 4.78 is 5.70. The van der Waals surface area contributed by atoms with Crippen molar-refractivity contribution in [3.8, 4) is 0 Å². The monoisotopic (exact) mass is 348 g/mol. The highest BCUT2D eigenvalue weighted by Crippen LogP contribution is 2.21. The summed E-state index contributed by atoms with van der Waals surface area (Å²) in [4.78, 5) is 25.7. The van der Waals surface area contributed by atoms with Gasteiger partial charge in [-0.25, -0.2) is 0 Å². The summed E-state index contributed by atoms with van der Waals surface area (Å²) in [6, 6.07) is 12.5. The van der Waals surface area contributed by atoms with Crippen LogP contribution in [0.4, 0.5) is 5.69 Å². The van der Waals surface area contributed by atoms with E-state index in [-0.39, 0.29) is 23.6 Å². The molecule has 1 N–H and O–H groups in total. The summed E-state index contributed by atoms with van der Waals surface area (Å²) in [5, 5.41) is 2.82. The summed E-state index contributed by atoms with van der Waals surface area (Å²) in [5.74, 6) is -0.0759. The van der Waals surface area contributed by atoms with Gasteiger partial charge in [0.1, 0.15) is 0 Å². The number of carbonyl (C=O) groups is 2. The molecule has 1 atom stereocenters. The molecule has 2 amide bonds. The van der Waals surface area contributed by atoms with E-state index in [2.05, 4.69) is 21.2 Å². The molecule has 1 aromatic heterocycles. The first-order valence-electron chi connectivity index (χ1n) is 6.55. The van der Waals surface area contributed by atoms with Crippen LogP contribution in [0.5, 0.6) is 0 Å². The second kappa shape index (κ2) is 5.73. The van der Waals surface area contributed by atoms with Crippen LogP contribution >= 0.6 is 15.9 Å². The van der Waals surface area contributed by atoms with Crippen molar-refractivity contribution in [2.45, 2.75) is 12.5 Å². The smallest absolute Gasteiger partial charge is 0.287 e. The van der Waals surface area contributed by atoms with Crippen molar-refractivity contribution >= 4 is 33.4 Å². The van der Waals surface area contributed by atoms with E-state index in [4.69, 9.17) is 4.42 Å². The van der Waals surface area contributed by atoms with E-state index in [0.717, 1.165) is 5.69 Å². The van der Waals surface area contributed by atoms with Gasteiger partial charge in [0.15, 0.2) is 10.4 Å². The Kier molecular flexibility index (Phi) is 3.79. The van der Waals surface area contributed by atoms with Gasteiger partial charge in [-0.15, -0.1) is 0 Å². The average Bonchev–Trinajstić information content (AvgIpc) is 3.06. The molecule has 1 aromatic carbocycles. The molecule has 0 spiro atoms. The third kappa shape index (κ3) is 3.00. The Hall–Kier alpha value is -2.08. The highest BCUT2D eigenvalue weighted by molar-refractivity contribution is 9.10. The quantitative estimate of drug-likeness (QED) is 0.927. The first-order valence-corrected chi connectivity index (χ1v) is 7.34. The van der Waals surface area contributed by atoms with Crippen molar-refractivity contribution in [3.63, 3.8) is 0 Å². The Morgan fingerprint density at radius 2 is 2.00 bits per heavy atom. The van der Waals surface area contributed by atoms with Gasteiger partial charge in [-0.2, -0.15) is 0 Å². The Morgan fingerprint density at radius 1 is 1.24 bits per heavy atom. The minimum Gasteiger partial charge on any atom is -0.444 e. The topological polar surface area (TPSA) is 62.6 Å². The van der Waals surface area contributed by atoms with Gasteiger partial charge in [0.2, 0.25) is 5.91 Å². The Bertz CT molecular complexity index is 669. The Morgan fingerprint density at radius 3 is 2.67 bits per heavy atom. The predicted molar refractivity (Wildman–Crippen MR) is 81.1 cm³/mol. The molecule has 21 heavy (non-hydrogen) atoms. The van der Waals surface area contributed by atoms with Gasteiger partial charge in [-0.1, -0.05) is 18.2 Å². The van der Waals surface area contributed by atoms with Crippen molar-refractivity contribution in [3.05, 3.63) is 52.9 Å². The number of para-hydroxylation sites is 1. The van der Waals surface area contributed by atoms with Crippen molar-refractivity contribution in [2.75, 3.05) is 11.4 Å². The standard InChI is InChI=1S/C15H13BrN2O3/c16-13-7-6-12(21-13)15(20)17-10-8-14(19)18(9-10)11-4-2-1-3-5-11/h1-7,10H,8-9H2,(H,17,20). The van der Waals surface area contributed by atoms with E-state index >= 15 is 0 Å². The van der Waals surface area contributed by atoms with Crippen molar-refractivity contribution in [2.24, 2.45) is 0 Å². The van der Waals surface area contributed by atoms with Crippen LogP contribution in [0.3, 0.4) is 0 Å². The Balaban J connectivity index is 1.66. The van der Waals surface area contributed by atoms with Crippen LogP contribution in [-0.2, 0) is 4.79 Å². The molecule has 1 saturated heterocycles. The van der Waals surface area contributed by atoms with Crippen LogP contribution in [0.2, 0.25) is 0 Å². The first-order chi connectivity index (χ1) is 10.1. The normalized spacial score (nSPS) is 18.0. The van der Waals surface area contributed by atoms with Crippen LogP contribution in [0.25, 0.3) is 0 Å². The maximum Gasteiger partial charge on any atom is 0.287 e. The summed E-state index contributed by atoms with van der Waals surface area (Å²) in [5.41, 5.74) is 0.847. The molecule has 0 aliphatic carbocycles. The third-order valence-electron chi connectivity index (χ3n) is 3.33. The fourth-order valence-corrected chi connectivity index (χ4v) is 2.66. The average molecular weight is 349 g/mol. The van der Waals surface area contributed by atoms with E-state index < -0.39 is 0 Å². The molecule has 1 aliphatic rings. The maximum atomic E-state index is 12.1. The highest BCUT2D eigenvalue weighted by atomic mass is 79.9. The SMILES string of the molecule is O=C(NC1CC(=O)N(c2ccccc2)C1)c1ccc(Br)o1. The number of benzene rings is 1. The molecule has 2 aromatic rings. The number of carbonyl (C=O) groups excluding carboxylic acids is 2. The second-order valence-corrected chi connectivity index (χ2v) is 5.60. The number of halogens is 1. The van der Waals surface area contributed by atoms with E-state index in [0.29, 0.717) is 17.6 Å². The molecule has 6 heteroatoms. The zero-order valence-corrected chi connectivity index (χ0v) is 12.7. The van der Waals surface area contributed by atoms with Gasteiger partial charge in [-0.05, 0) is 40.2 Å². The van der Waals surface area contributed by atoms with Gasteiger partial charge in [0, 0.05) is 18.7 Å². The number of rotatable bonds is 3. The molecule has 2 heterocycles. The molecule has 1 aliphatic heterocycles. The number of anilines is 1. The largest absolute Gasteiger partial charge is 0.444 e. The summed E-state index contributed by atoms with van der Waals surface area (Å²) in [6.07, 6.45) is 0.294. The van der Waals surface area contributed by atoms with Gasteiger partial charge in [0.05, 0.1) is 6.04 Å². The lowest BCUT2D eigenvalue weighted by Crippen LogP contribution is -2.37. The molecular weight excluding hydrogens is 336 g/mol. The van der Waals surface area contributed by atoms with E-state index in [1.165, 1.54) is 0 Å². The zero-order chi connectivity index (χ0) is 14.8. The van der Waals surface area contributed by atoms with Crippen molar-refractivity contribution < 1.29 is 14.0 Å². The minimum atomic E-state index is -0.312. The highest BCUT2D eigenvalue weighted by Gasteiger charge is 2.32. The number of furan rings is 1. The van der Waals surface area contributed by atoms with Gasteiger partial charge >= 0.3 is 0 Å². The fourth-order valence-electron chi connectivity index (χ4n) is 2.35. The summed E-state index contributed by atoms with van der Waals surface area (Å²) in [7, 11) is 0. The minimum absolute atomic E-state index is 0.00660. The summed E-state index contributed by atoms with van der Waals surface area (Å²) >= 11 is 3.15. The molecule has 108 valence electrons. The van der Waals surface area contributed by atoms with E-state index in [1.807, 2.05) is 30.3 Å². The molecule has 0 saturated carbocycles. The predicted octanol–water partition coefficient (Wildman–Crippen LogP) is 2.58. The number of hydrogen-bond acceptors (Lipinski definition) is 3.